The van der Waals surface area contributed by atoms with Crippen molar-refractivity contribution < 1.29 is 4.79 Å². The van der Waals surface area contributed by atoms with Gasteiger partial charge in [-0.2, -0.15) is 0 Å². The van der Waals surface area contributed by atoms with Crippen molar-refractivity contribution in [2.24, 2.45) is 5.92 Å². The lowest BCUT2D eigenvalue weighted by Crippen LogP contribution is -2.54. The smallest absolute Gasteiger partial charge is 0.237 e. The maximum absolute atomic E-state index is 12.3. The first kappa shape index (κ1) is 13.6. The Kier molecular flexibility index (Phi) is 4.31. The highest BCUT2D eigenvalue weighted by atomic mass is 16.2. The van der Waals surface area contributed by atoms with Crippen LogP contribution in [0.25, 0.3) is 0 Å². The molecular formula is C16H23N3O. The second kappa shape index (κ2) is 6.35. The number of rotatable bonds is 3. The third-order valence-electron chi connectivity index (χ3n) is 4.68. The van der Waals surface area contributed by atoms with E-state index in [1.54, 1.807) is 12.4 Å². The van der Waals surface area contributed by atoms with E-state index in [9.17, 15) is 4.79 Å². The van der Waals surface area contributed by atoms with Gasteiger partial charge < -0.3 is 10.6 Å². The van der Waals surface area contributed by atoms with Gasteiger partial charge in [-0.05, 0) is 49.3 Å². The molecule has 1 aromatic heterocycles. The SMILES string of the molecule is O=C(NCc1ccncc1)C1CCC2CCCCC2N1. The minimum absolute atomic E-state index is 0.00353. The van der Waals surface area contributed by atoms with E-state index in [1.165, 1.54) is 32.1 Å². The first-order chi connectivity index (χ1) is 9.83. The molecule has 4 heteroatoms. The molecule has 1 saturated heterocycles. The van der Waals surface area contributed by atoms with Crippen molar-refractivity contribution >= 4 is 5.91 Å². The van der Waals surface area contributed by atoms with Crippen molar-refractivity contribution in [3.63, 3.8) is 0 Å². The van der Waals surface area contributed by atoms with Crippen molar-refractivity contribution in [1.29, 1.82) is 0 Å². The third-order valence-corrected chi connectivity index (χ3v) is 4.68. The van der Waals surface area contributed by atoms with E-state index < -0.39 is 0 Å². The predicted molar refractivity (Wildman–Crippen MR) is 78.0 cm³/mol. The van der Waals surface area contributed by atoms with Crippen LogP contribution in [0.4, 0.5) is 0 Å². The van der Waals surface area contributed by atoms with Crippen LogP contribution in [-0.2, 0) is 11.3 Å². The summed E-state index contributed by atoms with van der Waals surface area (Å²) in [5.74, 6) is 0.943. The van der Waals surface area contributed by atoms with Gasteiger partial charge in [-0.1, -0.05) is 12.8 Å². The van der Waals surface area contributed by atoms with Gasteiger partial charge in [-0.25, -0.2) is 0 Å². The molecule has 0 radical (unpaired) electrons. The van der Waals surface area contributed by atoms with Gasteiger partial charge in [-0.3, -0.25) is 9.78 Å². The van der Waals surface area contributed by atoms with Crippen molar-refractivity contribution in [2.45, 2.75) is 57.2 Å². The fraction of sp³-hybridized carbons (Fsp3) is 0.625. The second-order valence-electron chi connectivity index (χ2n) is 6.02. The van der Waals surface area contributed by atoms with E-state index in [-0.39, 0.29) is 11.9 Å². The van der Waals surface area contributed by atoms with Gasteiger partial charge in [0.25, 0.3) is 0 Å². The summed E-state index contributed by atoms with van der Waals surface area (Å²) in [5.41, 5.74) is 1.10. The van der Waals surface area contributed by atoms with Crippen LogP contribution in [0.1, 0.15) is 44.1 Å². The van der Waals surface area contributed by atoms with E-state index in [2.05, 4.69) is 15.6 Å². The minimum Gasteiger partial charge on any atom is -0.351 e. The van der Waals surface area contributed by atoms with E-state index in [0.29, 0.717) is 12.6 Å². The monoisotopic (exact) mass is 273 g/mol. The Bertz CT molecular complexity index is 448. The molecule has 3 rings (SSSR count). The van der Waals surface area contributed by atoms with Gasteiger partial charge in [0.15, 0.2) is 0 Å². The van der Waals surface area contributed by atoms with E-state index >= 15 is 0 Å². The maximum Gasteiger partial charge on any atom is 0.237 e. The number of piperidine rings is 1. The molecule has 20 heavy (non-hydrogen) atoms. The molecule has 1 aliphatic heterocycles. The molecule has 2 fully saturated rings. The summed E-state index contributed by atoms with van der Waals surface area (Å²) in [6.07, 6.45) is 10.9. The van der Waals surface area contributed by atoms with E-state index in [4.69, 9.17) is 0 Å². The molecule has 0 aromatic carbocycles. The average molecular weight is 273 g/mol. The number of nitrogens with zero attached hydrogens (tertiary/aromatic N) is 1. The summed E-state index contributed by atoms with van der Waals surface area (Å²) in [7, 11) is 0. The zero-order valence-electron chi connectivity index (χ0n) is 11.8. The van der Waals surface area contributed by atoms with Crippen LogP contribution >= 0.6 is 0 Å². The molecule has 1 aromatic rings. The molecular weight excluding hydrogens is 250 g/mol. The largest absolute Gasteiger partial charge is 0.351 e. The van der Waals surface area contributed by atoms with E-state index in [1.807, 2.05) is 12.1 Å². The lowest BCUT2D eigenvalue weighted by molar-refractivity contribution is -0.124. The number of hydrogen-bond donors (Lipinski definition) is 2. The molecule has 4 nitrogen and oxygen atoms in total. The number of carbonyl (C=O) groups is 1. The molecule has 1 amide bonds. The standard InChI is InChI=1S/C16H23N3O/c20-16(18-11-12-7-9-17-10-8-12)15-6-5-13-3-1-2-4-14(13)19-15/h7-10,13-15,19H,1-6,11H2,(H,18,20). The summed E-state index contributed by atoms with van der Waals surface area (Å²) in [5, 5.41) is 6.60. The Labute approximate surface area is 120 Å². The van der Waals surface area contributed by atoms with Crippen LogP contribution in [-0.4, -0.2) is 23.0 Å². The predicted octanol–water partition coefficient (Wildman–Crippen LogP) is 2.01. The molecule has 2 N–H and O–H groups in total. The average Bonchev–Trinajstić information content (AvgIpc) is 2.53. The number of hydrogen-bond acceptors (Lipinski definition) is 3. The number of pyridine rings is 1. The van der Waals surface area contributed by atoms with Crippen molar-refractivity contribution in [1.82, 2.24) is 15.6 Å². The van der Waals surface area contributed by atoms with Gasteiger partial charge in [0.1, 0.15) is 0 Å². The molecule has 1 saturated carbocycles. The molecule has 2 aliphatic rings. The first-order valence-corrected chi connectivity index (χ1v) is 7.75. The van der Waals surface area contributed by atoms with Crippen LogP contribution < -0.4 is 10.6 Å². The third kappa shape index (κ3) is 3.18. The summed E-state index contributed by atoms with van der Waals surface area (Å²) < 4.78 is 0. The van der Waals surface area contributed by atoms with E-state index in [0.717, 1.165) is 17.9 Å². The summed E-state index contributed by atoms with van der Waals surface area (Å²) in [6, 6.07) is 4.43. The lowest BCUT2D eigenvalue weighted by Gasteiger charge is -2.39. The molecule has 3 unspecified atom stereocenters. The van der Waals surface area contributed by atoms with Gasteiger partial charge in [0, 0.05) is 25.0 Å². The number of amides is 1. The number of nitrogens with one attached hydrogen (secondary N) is 2. The molecule has 3 atom stereocenters. The fourth-order valence-corrected chi connectivity index (χ4v) is 3.51. The molecule has 0 spiro atoms. The van der Waals surface area contributed by atoms with Gasteiger partial charge in [0.05, 0.1) is 6.04 Å². The molecule has 0 bridgehead atoms. The Morgan fingerprint density at radius 2 is 2.00 bits per heavy atom. The summed E-state index contributed by atoms with van der Waals surface area (Å²) in [6.45, 7) is 0.591. The van der Waals surface area contributed by atoms with Gasteiger partial charge in [-0.15, -0.1) is 0 Å². The van der Waals surface area contributed by atoms with Crippen molar-refractivity contribution in [3.8, 4) is 0 Å². The molecule has 2 heterocycles. The zero-order chi connectivity index (χ0) is 13.8. The normalized spacial score (nSPS) is 29.5. The Morgan fingerprint density at radius 1 is 1.20 bits per heavy atom. The van der Waals surface area contributed by atoms with Crippen molar-refractivity contribution in [2.75, 3.05) is 0 Å². The van der Waals surface area contributed by atoms with Gasteiger partial charge in [0.2, 0.25) is 5.91 Å². The van der Waals surface area contributed by atoms with Crippen LogP contribution in [0.2, 0.25) is 0 Å². The van der Waals surface area contributed by atoms with Crippen molar-refractivity contribution in [3.05, 3.63) is 30.1 Å². The Hall–Kier alpha value is -1.42. The number of aromatic nitrogens is 1. The first-order valence-electron chi connectivity index (χ1n) is 7.75. The topological polar surface area (TPSA) is 54.0 Å². The fourth-order valence-electron chi connectivity index (χ4n) is 3.51. The van der Waals surface area contributed by atoms with Crippen LogP contribution in [0, 0.1) is 5.92 Å². The highest BCUT2D eigenvalue weighted by molar-refractivity contribution is 5.81. The minimum atomic E-state index is -0.00353. The maximum atomic E-state index is 12.3. The zero-order valence-corrected chi connectivity index (χ0v) is 11.8. The Morgan fingerprint density at radius 3 is 2.85 bits per heavy atom. The Balaban J connectivity index is 1.50. The second-order valence-corrected chi connectivity index (χ2v) is 6.02. The van der Waals surface area contributed by atoms with Crippen LogP contribution in [0.15, 0.2) is 24.5 Å². The quantitative estimate of drug-likeness (QED) is 0.886. The highest BCUT2D eigenvalue weighted by Crippen LogP contribution is 2.32. The summed E-state index contributed by atoms with van der Waals surface area (Å²) >= 11 is 0. The van der Waals surface area contributed by atoms with Crippen LogP contribution in [0.3, 0.4) is 0 Å². The summed E-state index contributed by atoms with van der Waals surface area (Å²) in [4.78, 5) is 16.2. The number of carbonyl (C=O) groups excluding carboxylic acids is 1. The number of fused-ring (bicyclic) bond motifs is 1. The van der Waals surface area contributed by atoms with Gasteiger partial charge >= 0.3 is 0 Å². The molecule has 1 aliphatic carbocycles. The molecule has 108 valence electrons. The highest BCUT2D eigenvalue weighted by Gasteiger charge is 2.34. The van der Waals surface area contributed by atoms with Crippen LogP contribution in [0.5, 0.6) is 0 Å². The lowest BCUT2D eigenvalue weighted by atomic mass is 9.77.